The third-order valence-electron chi connectivity index (χ3n) is 1.82. The summed E-state index contributed by atoms with van der Waals surface area (Å²) in [7, 11) is 0. The zero-order chi connectivity index (χ0) is 10.4. The molecule has 14 heavy (non-hydrogen) atoms. The van der Waals surface area contributed by atoms with Gasteiger partial charge in [-0.25, -0.2) is 0 Å². The first kappa shape index (κ1) is 10.4. The summed E-state index contributed by atoms with van der Waals surface area (Å²) in [4.78, 5) is 21.0. The Morgan fingerprint density at radius 3 is 2.79 bits per heavy atom. The molecule has 1 aromatic rings. The SMILES string of the molecule is CC(=O)Nc1ccccc1CC[C]=O. The summed E-state index contributed by atoms with van der Waals surface area (Å²) in [6.07, 6.45) is 2.80. The highest BCUT2D eigenvalue weighted by atomic mass is 16.1. The maximum atomic E-state index is 10.9. The third-order valence-corrected chi connectivity index (χ3v) is 1.82. The Morgan fingerprint density at radius 1 is 1.43 bits per heavy atom. The topological polar surface area (TPSA) is 46.2 Å². The number of aryl methyl sites for hydroxylation is 1. The van der Waals surface area contributed by atoms with Crippen molar-refractivity contribution < 1.29 is 9.59 Å². The lowest BCUT2D eigenvalue weighted by Crippen LogP contribution is -2.08. The first-order valence-electron chi connectivity index (χ1n) is 4.44. The lowest BCUT2D eigenvalue weighted by atomic mass is 10.1. The molecular weight excluding hydrogens is 178 g/mol. The molecule has 3 nitrogen and oxygen atoms in total. The second-order valence-electron chi connectivity index (χ2n) is 2.98. The zero-order valence-corrected chi connectivity index (χ0v) is 8.04. The van der Waals surface area contributed by atoms with E-state index in [1.54, 1.807) is 0 Å². The number of nitrogens with one attached hydrogen (secondary N) is 1. The van der Waals surface area contributed by atoms with Crippen LogP contribution in [0.3, 0.4) is 0 Å². The molecule has 0 bridgehead atoms. The van der Waals surface area contributed by atoms with Crippen molar-refractivity contribution in [2.24, 2.45) is 0 Å². The number of carbonyl (C=O) groups excluding carboxylic acids is 2. The van der Waals surface area contributed by atoms with Gasteiger partial charge in [0, 0.05) is 19.0 Å². The van der Waals surface area contributed by atoms with Gasteiger partial charge < -0.3 is 5.32 Å². The molecule has 1 amide bonds. The number of hydrogen-bond acceptors (Lipinski definition) is 2. The molecule has 0 atom stereocenters. The minimum Gasteiger partial charge on any atom is -0.326 e. The maximum Gasteiger partial charge on any atom is 0.221 e. The lowest BCUT2D eigenvalue weighted by molar-refractivity contribution is -0.114. The summed E-state index contributed by atoms with van der Waals surface area (Å²) in [5, 5.41) is 2.71. The molecule has 0 aliphatic rings. The number of para-hydroxylation sites is 1. The van der Waals surface area contributed by atoms with Gasteiger partial charge in [0.2, 0.25) is 5.91 Å². The molecule has 0 saturated carbocycles. The van der Waals surface area contributed by atoms with Gasteiger partial charge in [-0.15, -0.1) is 0 Å². The molecule has 0 unspecified atom stereocenters. The Labute approximate surface area is 83.1 Å². The van der Waals surface area contributed by atoms with Gasteiger partial charge in [-0.05, 0) is 18.1 Å². The van der Waals surface area contributed by atoms with Gasteiger partial charge in [-0.2, -0.15) is 0 Å². The zero-order valence-electron chi connectivity index (χ0n) is 8.04. The van der Waals surface area contributed by atoms with Crippen molar-refractivity contribution in [3.8, 4) is 0 Å². The first-order valence-corrected chi connectivity index (χ1v) is 4.44. The molecule has 3 heteroatoms. The Hall–Kier alpha value is -1.64. The normalized spacial score (nSPS) is 9.50. The van der Waals surface area contributed by atoms with Gasteiger partial charge in [0.1, 0.15) is 0 Å². The maximum absolute atomic E-state index is 10.9. The quantitative estimate of drug-likeness (QED) is 0.785. The summed E-state index contributed by atoms with van der Waals surface area (Å²) in [6.45, 7) is 1.46. The molecule has 1 radical (unpaired) electrons. The van der Waals surface area contributed by atoms with Crippen LogP contribution < -0.4 is 5.32 Å². The minimum atomic E-state index is -0.104. The van der Waals surface area contributed by atoms with E-state index >= 15 is 0 Å². The molecular formula is C11H12NO2. The molecule has 1 aromatic carbocycles. The number of rotatable bonds is 4. The second-order valence-corrected chi connectivity index (χ2v) is 2.98. The number of anilines is 1. The predicted molar refractivity (Wildman–Crippen MR) is 54.8 cm³/mol. The molecule has 0 fully saturated rings. The number of amides is 1. The molecule has 0 saturated heterocycles. The highest BCUT2D eigenvalue weighted by Gasteiger charge is 2.02. The molecule has 1 rings (SSSR count). The van der Waals surface area contributed by atoms with Gasteiger partial charge in [0.05, 0.1) is 0 Å². The average Bonchev–Trinajstić information content (AvgIpc) is 2.16. The van der Waals surface area contributed by atoms with Crippen molar-refractivity contribution in [2.75, 3.05) is 5.32 Å². The summed E-state index contributed by atoms with van der Waals surface area (Å²) < 4.78 is 0. The van der Waals surface area contributed by atoms with Crippen molar-refractivity contribution in [3.05, 3.63) is 29.8 Å². The highest BCUT2D eigenvalue weighted by molar-refractivity contribution is 5.89. The molecule has 0 aliphatic carbocycles. The highest BCUT2D eigenvalue weighted by Crippen LogP contribution is 2.16. The number of benzene rings is 1. The Balaban J connectivity index is 2.79. The molecule has 0 aromatic heterocycles. The lowest BCUT2D eigenvalue weighted by Gasteiger charge is -2.07. The van der Waals surface area contributed by atoms with Crippen LogP contribution in [0.4, 0.5) is 5.69 Å². The fourth-order valence-electron chi connectivity index (χ4n) is 1.24. The summed E-state index contributed by atoms with van der Waals surface area (Å²) in [5.74, 6) is -0.104. The van der Waals surface area contributed by atoms with Crippen molar-refractivity contribution in [1.82, 2.24) is 0 Å². The van der Waals surface area contributed by atoms with E-state index in [2.05, 4.69) is 5.32 Å². The summed E-state index contributed by atoms with van der Waals surface area (Å²) in [5.41, 5.74) is 1.74. The van der Waals surface area contributed by atoms with Gasteiger partial charge in [-0.1, -0.05) is 18.2 Å². The van der Waals surface area contributed by atoms with Crippen LogP contribution >= 0.6 is 0 Å². The fraction of sp³-hybridized carbons (Fsp3) is 0.273. The Morgan fingerprint density at radius 2 is 2.14 bits per heavy atom. The van der Waals surface area contributed by atoms with Gasteiger partial charge in [0.25, 0.3) is 0 Å². The van der Waals surface area contributed by atoms with Crippen molar-refractivity contribution in [3.63, 3.8) is 0 Å². The van der Waals surface area contributed by atoms with E-state index in [1.165, 1.54) is 6.92 Å². The van der Waals surface area contributed by atoms with Gasteiger partial charge >= 0.3 is 0 Å². The molecule has 1 N–H and O–H groups in total. The van der Waals surface area contributed by atoms with E-state index in [0.717, 1.165) is 11.3 Å². The summed E-state index contributed by atoms with van der Waals surface area (Å²) >= 11 is 0. The van der Waals surface area contributed by atoms with Crippen LogP contribution in [0, 0.1) is 0 Å². The van der Waals surface area contributed by atoms with E-state index in [9.17, 15) is 9.59 Å². The van der Waals surface area contributed by atoms with Gasteiger partial charge in [-0.3, -0.25) is 9.59 Å². The first-order chi connectivity index (χ1) is 6.74. The number of carbonyl (C=O) groups is 1. The van der Waals surface area contributed by atoms with Crippen molar-refractivity contribution >= 4 is 17.9 Å². The van der Waals surface area contributed by atoms with E-state index < -0.39 is 0 Å². The van der Waals surface area contributed by atoms with Crippen LogP contribution in [0.25, 0.3) is 0 Å². The minimum absolute atomic E-state index is 0.104. The van der Waals surface area contributed by atoms with Crippen LogP contribution in [0.5, 0.6) is 0 Å². The van der Waals surface area contributed by atoms with E-state index in [-0.39, 0.29) is 5.91 Å². The fourth-order valence-corrected chi connectivity index (χ4v) is 1.24. The van der Waals surface area contributed by atoms with E-state index in [0.29, 0.717) is 12.8 Å². The van der Waals surface area contributed by atoms with Crippen LogP contribution in [-0.2, 0) is 16.0 Å². The van der Waals surface area contributed by atoms with Crippen LogP contribution in [0.2, 0.25) is 0 Å². The van der Waals surface area contributed by atoms with Gasteiger partial charge in [0.15, 0.2) is 6.29 Å². The Bertz CT molecular complexity index is 334. The van der Waals surface area contributed by atoms with Crippen LogP contribution in [0.15, 0.2) is 24.3 Å². The third kappa shape index (κ3) is 3.01. The monoisotopic (exact) mass is 190 g/mol. The molecule has 0 aliphatic heterocycles. The standard InChI is InChI=1S/C11H12NO2/c1-9(14)12-11-7-3-2-5-10(11)6-4-8-13/h2-3,5,7H,4,6H2,1H3,(H,12,14). The van der Waals surface area contributed by atoms with E-state index in [4.69, 9.17) is 0 Å². The second kappa shape index (κ2) is 5.17. The van der Waals surface area contributed by atoms with Crippen molar-refractivity contribution in [1.29, 1.82) is 0 Å². The summed E-state index contributed by atoms with van der Waals surface area (Å²) in [6, 6.07) is 7.44. The van der Waals surface area contributed by atoms with Crippen LogP contribution in [0.1, 0.15) is 18.9 Å². The number of hydrogen-bond donors (Lipinski definition) is 1. The molecule has 73 valence electrons. The molecule has 0 heterocycles. The predicted octanol–water partition coefficient (Wildman–Crippen LogP) is 1.69. The average molecular weight is 190 g/mol. The smallest absolute Gasteiger partial charge is 0.221 e. The Kier molecular flexibility index (Phi) is 3.85. The van der Waals surface area contributed by atoms with Crippen molar-refractivity contribution in [2.45, 2.75) is 19.8 Å². The molecule has 0 spiro atoms. The van der Waals surface area contributed by atoms with Crippen LogP contribution in [-0.4, -0.2) is 12.2 Å². The largest absolute Gasteiger partial charge is 0.326 e. The van der Waals surface area contributed by atoms with E-state index in [1.807, 2.05) is 30.6 Å².